The van der Waals surface area contributed by atoms with Crippen LogP contribution in [0.5, 0.6) is 0 Å². The van der Waals surface area contributed by atoms with Crippen molar-refractivity contribution in [1.29, 1.82) is 0 Å². The van der Waals surface area contributed by atoms with Crippen LogP contribution in [0.4, 0.5) is 5.13 Å². The van der Waals surface area contributed by atoms with Crippen LogP contribution in [0.1, 0.15) is 24.4 Å². The minimum Gasteiger partial charge on any atom is -0.375 e. The molecule has 0 spiro atoms. The SMILES string of the molecule is CCc1nc(NC(=O)[C@H]2NCCO[C@@H]2C)sc1C. The van der Waals surface area contributed by atoms with Crippen LogP contribution in [0.3, 0.4) is 0 Å². The molecule has 0 bridgehead atoms. The van der Waals surface area contributed by atoms with Crippen LogP contribution in [0.25, 0.3) is 0 Å². The number of thiazole rings is 1. The van der Waals surface area contributed by atoms with Crippen molar-refractivity contribution < 1.29 is 9.53 Å². The number of aromatic nitrogens is 1. The Bertz CT molecular complexity index is 433. The standard InChI is InChI=1S/C12H19N3O2S/c1-4-9-8(3)18-12(14-9)15-11(16)10-7(2)17-6-5-13-10/h7,10,13H,4-6H2,1-3H3,(H,14,15,16)/t7-,10+/m1/s1. The maximum atomic E-state index is 12.1. The zero-order chi connectivity index (χ0) is 13.1. The van der Waals surface area contributed by atoms with Crippen molar-refractivity contribution in [2.24, 2.45) is 0 Å². The number of rotatable bonds is 3. The van der Waals surface area contributed by atoms with Gasteiger partial charge in [-0.25, -0.2) is 4.98 Å². The predicted octanol–water partition coefficient (Wildman–Crippen LogP) is 1.33. The second-order valence-electron chi connectivity index (χ2n) is 4.37. The molecule has 2 heterocycles. The lowest BCUT2D eigenvalue weighted by atomic mass is 10.1. The van der Waals surface area contributed by atoms with Gasteiger partial charge in [-0.05, 0) is 20.3 Å². The first-order valence-electron chi connectivity index (χ1n) is 6.24. The molecular weight excluding hydrogens is 250 g/mol. The summed E-state index contributed by atoms with van der Waals surface area (Å²) in [6, 6.07) is -0.298. The molecule has 1 fully saturated rings. The summed E-state index contributed by atoms with van der Waals surface area (Å²) >= 11 is 1.52. The molecule has 0 saturated carbocycles. The van der Waals surface area contributed by atoms with Crippen LogP contribution >= 0.6 is 11.3 Å². The van der Waals surface area contributed by atoms with Gasteiger partial charge in [0, 0.05) is 11.4 Å². The van der Waals surface area contributed by atoms with Gasteiger partial charge in [0.25, 0.3) is 0 Å². The predicted molar refractivity (Wildman–Crippen MR) is 72.1 cm³/mol. The Morgan fingerprint density at radius 3 is 3.06 bits per heavy atom. The number of morpholine rings is 1. The molecule has 5 nitrogen and oxygen atoms in total. The summed E-state index contributed by atoms with van der Waals surface area (Å²) in [5, 5.41) is 6.70. The summed E-state index contributed by atoms with van der Waals surface area (Å²) in [6.07, 6.45) is 0.782. The molecule has 6 heteroatoms. The van der Waals surface area contributed by atoms with Gasteiger partial charge >= 0.3 is 0 Å². The molecule has 100 valence electrons. The fourth-order valence-electron chi connectivity index (χ4n) is 2.02. The minimum atomic E-state index is -0.298. The maximum Gasteiger partial charge on any atom is 0.245 e. The highest BCUT2D eigenvalue weighted by Gasteiger charge is 2.28. The second-order valence-corrected chi connectivity index (χ2v) is 5.58. The minimum absolute atomic E-state index is 0.0707. The third-order valence-electron chi connectivity index (χ3n) is 3.06. The molecular formula is C12H19N3O2S. The van der Waals surface area contributed by atoms with E-state index >= 15 is 0 Å². The Labute approximate surface area is 111 Å². The number of nitrogens with zero attached hydrogens (tertiary/aromatic N) is 1. The number of carbonyl (C=O) groups excluding carboxylic acids is 1. The molecule has 0 aromatic carbocycles. The highest BCUT2D eigenvalue weighted by molar-refractivity contribution is 7.15. The van der Waals surface area contributed by atoms with Gasteiger partial charge in [0.1, 0.15) is 6.04 Å². The number of aryl methyl sites for hydroxylation is 2. The number of ether oxygens (including phenoxy) is 1. The lowest BCUT2D eigenvalue weighted by Crippen LogP contribution is -2.53. The van der Waals surface area contributed by atoms with E-state index < -0.39 is 0 Å². The zero-order valence-corrected chi connectivity index (χ0v) is 11.8. The Morgan fingerprint density at radius 2 is 2.44 bits per heavy atom. The number of hydrogen-bond acceptors (Lipinski definition) is 5. The molecule has 0 aliphatic carbocycles. The molecule has 1 aromatic rings. The van der Waals surface area contributed by atoms with Crippen LogP contribution in [0.2, 0.25) is 0 Å². The van der Waals surface area contributed by atoms with Gasteiger partial charge < -0.3 is 15.4 Å². The molecule has 0 radical (unpaired) electrons. The molecule has 2 atom stereocenters. The molecule has 1 amide bonds. The fraction of sp³-hybridized carbons (Fsp3) is 0.667. The van der Waals surface area contributed by atoms with Gasteiger partial charge in [0.15, 0.2) is 5.13 Å². The first-order valence-corrected chi connectivity index (χ1v) is 7.05. The van der Waals surface area contributed by atoms with E-state index in [1.165, 1.54) is 11.3 Å². The van der Waals surface area contributed by atoms with E-state index in [1.807, 2.05) is 13.8 Å². The van der Waals surface area contributed by atoms with Crippen molar-refractivity contribution in [1.82, 2.24) is 10.3 Å². The van der Waals surface area contributed by atoms with Gasteiger partial charge in [-0.3, -0.25) is 4.79 Å². The smallest absolute Gasteiger partial charge is 0.245 e. The first-order chi connectivity index (χ1) is 8.61. The molecule has 1 aliphatic rings. The molecule has 0 unspecified atom stereocenters. The number of amides is 1. The second kappa shape index (κ2) is 5.77. The number of carbonyl (C=O) groups is 1. The Morgan fingerprint density at radius 1 is 1.67 bits per heavy atom. The topological polar surface area (TPSA) is 63.2 Å². The van der Waals surface area contributed by atoms with Gasteiger partial charge in [-0.15, -0.1) is 11.3 Å². The van der Waals surface area contributed by atoms with Crippen LogP contribution in [-0.2, 0) is 16.0 Å². The third kappa shape index (κ3) is 2.88. The van der Waals surface area contributed by atoms with Crippen molar-refractivity contribution in [3.63, 3.8) is 0 Å². The van der Waals surface area contributed by atoms with Crippen LogP contribution in [0.15, 0.2) is 0 Å². The summed E-state index contributed by atoms with van der Waals surface area (Å²) in [4.78, 5) is 17.7. The fourth-order valence-corrected chi connectivity index (χ4v) is 2.93. The van der Waals surface area contributed by atoms with E-state index in [9.17, 15) is 4.79 Å². The van der Waals surface area contributed by atoms with Crippen molar-refractivity contribution in [3.8, 4) is 0 Å². The maximum absolute atomic E-state index is 12.1. The summed E-state index contributed by atoms with van der Waals surface area (Å²) in [7, 11) is 0. The van der Waals surface area contributed by atoms with Crippen molar-refractivity contribution >= 4 is 22.4 Å². The molecule has 2 N–H and O–H groups in total. The van der Waals surface area contributed by atoms with E-state index in [0.29, 0.717) is 18.3 Å². The normalized spacial score (nSPS) is 23.9. The largest absolute Gasteiger partial charge is 0.375 e. The van der Waals surface area contributed by atoms with Gasteiger partial charge in [-0.1, -0.05) is 6.92 Å². The summed E-state index contributed by atoms with van der Waals surface area (Å²) in [6.45, 7) is 7.35. The lowest BCUT2D eigenvalue weighted by Gasteiger charge is -2.28. The monoisotopic (exact) mass is 269 g/mol. The van der Waals surface area contributed by atoms with E-state index in [0.717, 1.165) is 17.0 Å². The highest BCUT2D eigenvalue weighted by atomic mass is 32.1. The average molecular weight is 269 g/mol. The summed E-state index contributed by atoms with van der Waals surface area (Å²) < 4.78 is 5.46. The number of nitrogens with one attached hydrogen (secondary N) is 2. The lowest BCUT2D eigenvalue weighted by molar-refractivity contribution is -0.123. The van der Waals surface area contributed by atoms with E-state index in [4.69, 9.17) is 4.74 Å². The first kappa shape index (κ1) is 13.5. The Hall–Kier alpha value is -0.980. The number of hydrogen-bond donors (Lipinski definition) is 2. The molecule has 18 heavy (non-hydrogen) atoms. The van der Waals surface area contributed by atoms with Gasteiger partial charge in [0.2, 0.25) is 5.91 Å². The third-order valence-corrected chi connectivity index (χ3v) is 3.99. The molecule has 2 rings (SSSR count). The van der Waals surface area contributed by atoms with Crippen molar-refractivity contribution in [2.45, 2.75) is 39.3 Å². The van der Waals surface area contributed by atoms with Crippen molar-refractivity contribution in [3.05, 3.63) is 10.6 Å². The van der Waals surface area contributed by atoms with E-state index in [-0.39, 0.29) is 18.1 Å². The quantitative estimate of drug-likeness (QED) is 0.869. The van der Waals surface area contributed by atoms with E-state index in [1.54, 1.807) is 0 Å². The van der Waals surface area contributed by atoms with Crippen LogP contribution in [-0.4, -0.2) is 36.2 Å². The zero-order valence-electron chi connectivity index (χ0n) is 10.9. The highest BCUT2D eigenvalue weighted by Crippen LogP contribution is 2.22. The molecule has 1 aliphatic heterocycles. The van der Waals surface area contributed by atoms with Gasteiger partial charge in [-0.2, -0.15) is 0 Å². The van der Waals surface area contributed by atoms with Crippen molar-refractivity contribution in [2.75, 3.05) is 18.5 Å². The van der Waals surface area contributed by atoms with Crippen LogP contribution < -0.4 is 10.6 Å². The average Bonchev–Trinajstić information content (AvgIpc) is 2.69. The van der Waals surface area contributed by atoms with Gasteiger partial charge in [0.05, 0.1) is 18.4 Å². The Balaban J connectivity index is 2.01. The Kier molecular flexibility index (Phi) is 4.31. The summed E-state index contributed by atoms with van der Waals surface area (Å²) in [5.41, 5.74) is 1.05. The molecule has 1 aromatic heterocycles. The van der Waals surface area contributed by atoms with Crippen LogP contribution in [0, 0.1) is 6.92 Å². The number of anilines is 1. The van der Waals surface area contributed by atoms with E-state index in [2.05, 4.69) is 22.5 Å². The molecule has 1 saturated heterocycles. The summed E-state index contributed by atoms with van der Waals surface area (Å²) in [5.74, 6) is -0.0707.